The van der Waals surface area contributed by atoms with Crippen molar-refractivity contribution < 1.29 is 10.0 Å². The minimum atomic E-state index is -0.420. The predicted octanol–water partition coefficient (Wildman–Crippen LogP) is 1.37. The molecule has 108 valence electrons. The zero-order valence-electron chi connectivity index (χ0n) is 11.5. The molecule has 20 heavy (non-hydrogen) atoms. The Bertz CT molecular complexity index is 520. The molecular weight excluding hydrogens is 258 g/mol. The topological polar surface area (TPSA) is 69.9 Å². The third-order valence-electron chi connectivity index (χ3n) is 4.63. The minimum Gasteiger partial charge on any atom is -0.392 e. The summed E-state index contributed by atoms with van der Waals surface area (Å²) < 4.78 is 0. The highest BCUT2D eigenvalue weighted by Gasteiger charge is 2.37. The van der Waals surface area contributed by atoms with E-state index in [-0.39, 0.29) is 12.3 Å². The molecule has 0 aromatic heterocycles. The second-order valence-electron chi connectivity index (χ2n) is 5.68. The molecule has 2 aliphatic rings. The van der Waals surface area contributed by atoms with Gasteiger partial charge in [0.15, 0.2) is 0 Å². The second kappa shape index (κ2) is 5.03. The quantitative estimate of drug-likeness (QED) is 0.667. The number of nitro benzene ring substituents is 1. The SMILES string of the molecule is CN1C2CCC1CN(c1ccc([N+](=O)[O-])cc1CO)C2. The smallest absolute Gasteiger partial charge is 0.269 e. The van der Waals surface area contributed by atoms with Crippen molar-refractivity contribution in [3.8, 4) is 0 Å². The number of hydrogen-bond donors (Lipinski definition) is 1. The van der Waals surface area contributed by atoms with Crippen LogP contribution in [0.15, 0.2) is 18.2 Å². The summed E-state index contributed by atoms with van der Waals surface area (Å²) in [6.45, 7) is 1.69. The molecule has 2 aliphatic heterocycles. The Kier molecular flexibility index (Phi) is 3.35. The fourth-order valence-corrected chi connectivity index (χ4v) is 3.43. The first-order valence-corrected chi connectivity index (χ1v) is 6.95. The zero-order valence-corrected chi connectivity index (χ0v) is 11.5. The molecule has 0 spiro atoms. The molecule has 6 nitrogen and oxygen atoms in total. The average molecular weight is 277 g/mol. The Morgan fingerprint density at radius 3 is 2.55 bits per heavy atom. The van der Waals surface area contributed by atoms with Gasteiger partial charge >= 0.3 is 0 Å². The van der Waals surface area contributed by atoms with Gasteiger partial charge in [0, 0.05) is 48.6 Å². The third-order valence-corrected chi connectivity index (χ3v) is 4.63. The average Bonchev–Trinajstić information content (AvgIpc) is 2.67. The molecule has 1 aromatic carbocycles. The van der Waals surface area contributed by atoms with Crippen molar-refractivity contribution in [2.45, 2.75) is 31.5 Å². The summed E-state index contributed by atoms with van der Waals surface area (Å²) in [4.78, 5) is 15.1. The molecule has 2 heterocycles. The van der Waals surface area contributed by atoms with Gasteiger partial charge in [0.05, 0.1) is 11.5 Å². The number of non-ortho nitro benzene ring substituents is 1. The van der Waals surface area contributed by atoms with Crippen LogP contribution in [0, 0.1) is 10.1 Å². The van der Waals surface area contributed by atoms with Crippen LogP contribution in [0.3, 0.4) is 0 Å². The molecular formula is C14H19N3O3. The van der Waals surface area contributed by atoms with E-state index in [1.807, 2.05) is 0 Å². The third kappa shape index (κ3) is 2.14. The molecule has 2 unspecified atom stereocenters. The van der Waals surface area contributed by atoms with Gasteiger partial charge < -0.3 is 10.0 Å². The number of piperazine rings is 1. The number of anilines is 1. The van der Waals surface area contributed by atoms with Gasteiger partial charge in [0.1, 0.15) is 0 Å². The van der Waals surface area contributed by atoms with Crippen molar-refractivity contribution in [3.05, 3.63) is 33.9 Å². The summed E-state index contributed by atoms with van der Waals surface area (Å²) >= 11 is 0. The van der Waals surface area contributed by atoms with Crippen LogP contribution in [0.2, 0.25) is 0 Å². The van der Waals surface area contributed by atoms with E-state index in [4.69, 9.17) is 0 Å². The van der Waals surface area contributed by atoms with Crippen LogP contribution in [0.25, 0.3) is 0 Å². The lowest BCUT2D eigenvalue weighted by molar-refractivity contribution is -0.384. The van der Waals surface area contributed by atoms with E-state index >= 15 is 0 Å². The number of fused-ring (bicyclic) bond motifs is 2. The Hall–Kier alpha value is -1.66. The van der Waals surface area contributed by atoms with Gasteiger partial charge in [-0.2, -0.15) is 0 Å². The van der Waals surface area contributed by atoms with Crippen LogP contribution in [0.5, 0.6) is 0 Å². The minimum absolute atomic E-state index is 0.0369. The van der Waals surface area contributed by atoms with Crippen molar-refractivity contribution >= 4 is 11.4 Å². The summed E-state index contributed by atoms with van der Waals surface area (Å²) in [5.74, 6) is 0. The molecule has 2 fully saturated rings. The van der Waals surface area contributed by atoms with E-state index < -0.39 is 4.92 Å². The molecule has 0 radical (unpaired) electrons. The monoisotopic (exact) mass is 277 g/mol. The molecule has 2 bridgehead atoms. The molecule has 2 atom stereocenters. The Morgan fingerprint density at radius 2 is 2.00 bits per heavy atom. The van der Waals surface area contributed by atoms with Gasteiger partial charge in [-0.15, -0.1) is 0 Å². The maximum absolute atomic E-state index is 10.8. The summed E-state index contributed by atoms with van der Waals surface area (Å²) in [5, 5.41) is 20.3. The van der Waals surface area contributed by atoms with Crippen molar-refractivity contribution in [1.82, 2.24) is 4.90 Å². The van der Waals surface area contributed by atoms with Crippen molar-refractivity contribution in [2.75, 3.05) is 25.0 Å². The zero-order chi connectivity index (χ0) is 14.3. The first kappa shape index (κ1) is 13.3. The molecule has 2 saturated heterocycles. The van der Waals surface area contributed by atoms with Gasteiger partial charge in [-0.3, -0.25) is 15.0 Å². The van der Waals surface area contributed by atoms with E-state index in [0.717, 1.165) is 18.8 Å². The summed E-state index contributed by atoms with van der Waals surface area (Å²) in [7, 11) is 2.17. The molecule has 1 N–H and O–H groups in total. The first-order chi connectivity index (χ1) is 9.60. The van der Waals surface area contributed by atoms with Crippen LogP contribution in [0.1, 0.15) is 18.4 Å². The number of hydrogen-bond acceptors (Lipinski definition) is 5. The van der Waals surface area contributed by atoms with E-state index in [0.29, 0.717) is 17.6 Å². The maximum Gasteiger partial charge on any atom is 0.269 e. The number of benzene rings is 1. The highest BCUT2D eigenvalue weighted by molar-refractivity contribution is 5.58. The molecule has 1 aromatic rings. The van der Waals surface area contributed by atoms with Crippen molar-refractivity contribution in [3.63, 3.8) is 0 Å². The predicted molar refractivity (Wildman–Crippen MR) is 75.8 cm³/mol. The highest BCUT2D eigenvalue weighted by Crippen LogP contribution is 2.33. The number of nitro groups is 1. The highest BCUT2D eigenvalue weighted by atomic mass is 16.6. The van der Waals surface area contributed by atoms with Crippen LogP contribution in [-0.4, -0.2) is 47.2 Å². The number of aliphatic hydroxyl groups excluding tert-OH is 1. The Balaban J connectivity index is 1.89. The standard InChI is InChI=1S/C14H19N3O3/c1-15-12-2-3-13(15)8-16(7-12)14-5-4-11(17(19)20)6-10(14)9-18/h4-6,12-13,18H,2-3,7-9H2,1H3. The van der Waals surface area contributed by atoms with Crippen LogP contribution in [-0.2, 0) is 6.61 Å². The first-order valence-electron chi connectivity index (χ1n) is 6.95. The Morgan fingerprint density at radius 1 is 1.35 bits per heavy atom. The van der Waals surface area contributed by atoms with E-state index in [1.165, 1.54) is 25.0 Å². The molecule has 6 heteroatoms. The number of rotatable bonds is 3. The molecule has 0 saturated carbocycles. The fraction of sp³-hybridized carbons (Fsp3) is 0.571. The lowest BCUT2D eigenvalue weighted by atomic mass is 10.1. The lowest BCUT2D eigenvalue weighted by Gasteiger charge is -2.40. The van der Waals surface area contributed by atoms with E-state index in [2.05, 4.69) is 16.8 Å². The van der Waals surface area contributed by atoms with Crippen molar-refractivity contribution in [1.29, 1.82) is 0 Å². The summed E-state index contributed by atoms with van der Waals surface area (Å²) in [6, 6.07) is 5.88. The van der Waals surface area contributed by atoms with Gasteiger partial charge in [-0.25, -0.2) is 0 Å². The van der Waals surface area contributed by atoms with Crippen LogP contribution >= 0.6 is 0 Å². The largest absolute Gasteiger partial charge is 0.392 e. The van der Waals surface area contributed by atoms with E-state index in [1.54, 1.807) is 6.07 Å². The Labute approximate surface area is 117 Å². The summed E-state index contributed by atoms with van der Waals surface area (Å²) in [5.41, 5.74) is 1.61. The normalized spacial score (nSPS) is 26.0. The van der Waals surface area contributed by atoms with Gasteiger partial charge in [0.2, 0.25) is 0 Å². The van der Waals surface area contributed by atoms with Gasteiger partial charge in [0.25, 0.3) is 5.69 Å². The van der Waals surface area contributed by atoms with Crippen LogP contribution in [0.4, 0.5) is 11.4 Å². The number of likely N-dealkylation sites (N-methyl/N-ethyl adjacent to an activating group) is 1. The lowest BCUT2D eigenvalue weighted by Crippen LogP contribution is -2.52. The summed E-state index contributed by atoms with van der Waals surface area (Å²) in [6.07, 6.45) is 2.41. The van der Waals surface area contributed by atoms with Gasteiger partial charge in [-0.1, -0.05) is 0 Å². The second-order valence-corrected chi connectivity index (χ2v) is 5.68. The fourth-order valence-electron chi connectivity index (χ4n) is 3.43. The maximum atomic E-state index is 10.8. The molecule has 3 rings (SSSR count). The van der Waals surface area contributed by atoms with Gasteiger partial charge in [-0.05, 0) is 26.0 Å². The molecule has 0 aliphatic carbocycles. The number of nitrogens with zero attached hydrogens (tertiary/aromatic N) is 3. The molecule has 0 amide bonds. The van der Waals surface area contributed by atoms with Crippen molar-refractivity contribution in [2.24, 2.45) is 0 Å². The van der Waals surface area contributed by atoms with E-state index in [9.17, 15) is 15.2 Å². The number of aliphatic hydroxyl groups is 1. The van der Waals surface area contributed by atoms with Crippen LogP contribution < -0.4 is 4.90 Å².